The number of carbonyl (C=O) groups excluding carboxylic acids is 1. The highest BCUT2D eigenvalue weighted by Gasteiger charge is 2.68. The topological polar surface area (TPSA) is 139 Å². The van der Waals surface area contributed by atoms with Gasteiger partial charge in [-0.2, -0.15) is 32.1 Å². The summed E-state index contributed by atoms with van der Waals surface area (Å²) in [5.74, 6) is -2.89. The Morgan fingerprint density at radius 2 is 1.71 bits per heavy atom. The SMILES string of the molecule is CN1CC(NC(C)(C)C#Cc2ccc(-c3ccc(Cl)c4c(NS(C)(=O)=O)nn(C)c34)c([C@H](Cc3cc(F)cc(F)c3)NC(=O)Cn3nc(C(F)(F)F)c4c3C(F)(F)[C@@H]3C[C@H]43)n2)C1. The van der Waals surface area contributed by atoms with Gasteiger partial charge in [-0.05, 0) is 81.5 Å². The van der Waals surface area contributed by atoms with Crippen LogP contribution in [0, 0.1) is 29.4 Å². The highest BCUT2D eigenvalue weighted by Crippen LogP contribution is 2.68. The monoisotopic (exact) mass is 905 g/mol. The highest BCUT2D eigenvalue weighted by molar-refractivity contribution is 7.92. The Hall–Kier alpha value is -5.23. The molecular formula is C41H39ClF7N9O3S. The van der Waals surface area contributed by atoms with Crippen LogP contribution in [0.3, 0.4) is 0 Å². The van der Waals surface area contributed by atoms with Crippen molar-refractivity contribution in [1.82, 2.24) is 40.1 Å². The molecule has 1 aliphatic heterocycles. The molecule has 1 amide bonds. The van der Waals surface area contributed by atoms with Crippen LogP contribution in [0.25, 0.3) is 22.0 Å². The third-order valence-electron chi connectivity index (χ3n) is 11.1. The number of anilines is 1. The van der Waals surface area contributed by atoms with E-state index in [9.17, 15) is 35.2 Å². The number of nitrogens with zero attached hydrogens (tertiary/aromatic N) is 6. The number of sulfonamides is 1. The molecule has 1 saturated carbocycles. The van der Waals surface area contributed by atoms with Crippen LogP contribution in [0.1, 0.15) is 66.1 Å². The van der Waals surface area contributed by atoms with Crippen LogP contribution in [-0.4, -0.2) is 81.7 Å². The van der Waals surface area contributed by atoms with Crippen molar-refractivity contribution in [2.24, 2.45) is 13.0 Å². The number of benzene rings is 2. The number of aromatic nitrogens is 5. The lowest BCUT2D eigenvalue weighted by atomic mass is 9.93. The molecule has 3 aromatic heterocycles. The number of fused-ring (bicyclic) bond motifs is 4. The number of pyridine rings is 1. The summed E-state index contributed by atoms with van der Waals surface area (Å²) in [5, 5.41) is 14.3. The fraction of sp³-hybridized carbons (Fsp3) is 0.415. The van der Waals surface area contributed by atoms with Gasteiger partial charge in [0.2, 0.25) is 15.9 Å². The number of likely N-dealkylation sites (tertiary alicyclic amines) is 1. The Morgan fingerprint density at radius 1 is 1.03 bits per heavy atom. The summed E-state index contributed by atoms with van der Waals surface area (Å²) in [6.45, 7) is 4.32. The molecule has 3 aliphatic rings. The lowest BCUT2D eigenvalue weighted by Crippen LogP contribution is -2.61. The van der Waals surface area contributed by atoms with Crippen LogP contribution in [0.2, 0.25) is 5.02 Å². The van der Waals surface area contributed by atoms with Gasteiger partial charge in [-0.25, -0.2) is 22.2 Å². The van der Waals surface area contributed by atoms with Gasteiger partial charge in [-0.1, -0.05) is 23.6 Å². The fourth-order valence-electron chi connectivity index (χ4n) is 8.59. The van der Waals surface area contributed by atoms with Gasteiger partial charge in [0.15, 0.2) is 11.5 Å². The van der Waals surface area contributed by atoms with E-state index >= 15 is 8.78 Å². The maximum absolute atomic E-state index is 15.5. The second kappa shape index (κ2) is 15.2. The van der Waals surface area contributed by atoms with Crippen LogP contribution < -0.4 is 15.4 Å². The molecule has 0 spiro atoms. The maximum atomic E-state index is 15.5. The molecule has 21 heteroatoms. The zero-order valence-electron chi connectivity index (χ0n) is 33.7. The van der Waals surface area contributed by atoms with E-state index in [0.29, 0.717) is 21.8 Å². The Bertz CT molecular complexity index is 2810. The highest BCUT2D eigenvalue weighted by atomic mass is 35.5. The van der Waals surface area contributed by atoms with Gasteiger partial charge < -0.3 is 10.2 Å². The zero-order valence-corrected chi connectivity index (χ0v) is 35.3. The van der Waals surface area contributed by atoms with Crippen LogP contribution >= 0.6 is 11.6 Å². The first kappa shape index (κ1) is 43.4. The van der Waals surface area contributed by atoms with Gasteiger partial charge in [0.05, 0.1) is 39.5 Å². The molecule has 12 nitrogen and oxygen atoms in total. The number of nitrogens with one attached hydrogen (secondary N) is 3. The fourth-order valence-corrected chi connectivity index (χ4v) is 9.32. The summed E-state index contributed by atoms with van der Waals surface area (Å²) in [6.07, 6.45) is -4.66. The molecule has 2 aliphatic carbocycles. The first-order valence-electron chi connectivity index (χ1n) is 19.3. The molecule has 4 heterocycles. The van der Waals surface area contributed by atoms with E-state index in [-0.39, 0.29) is 57.6 Å². The summed E-state index contributed by atoms with van der Waals surface area (Å²) >= 11 is 6.63. The number of amides is 1. The van der Waals surface area contributed by atoms with E-state index in [1.165, 1.54) is 17.8 Å². The van der Waals surface area contributed by atoms with E-state index in [1.54, 1.807) is 18.2 Å². The lowest BCUT2D eigenvalue weighted by Gasteiger charge is -2.40. The van der Waals surface area contributed by atoms with E-state index in [0.717, 1.165) is 31.5 Å². The molecule has 328 valence electrons. The van der Waals surface area contributed by atoms with Crippen LogP contribution in [0.15, 0.2) is 42.5 Å². The average Bonchev–Trinajstić information content (AvgIpc) is 3.67. The average molecular weight is 906 g/mol. The third kappa shape index (κ3) is 8.47. The van der Waals surface area contributed by atoms with E-state index in [2.05, 4.69) is 42.3 Å². The van der Waals surface area contributed by atoms with Crippen molar-refractivity contribution in [3.8, 4) is 23.0 Å². The second-order valence-corrected chi connectivity index (χ2v) is 18.8. The van der Waals surface area contributed by atoms with Gasteiger partial charge in [0.25, 0.3) is 5.92 Å². The predicted octanol–water partition coefficient (Wildman–Crippen LogP) is 6.50. The molecule has 0 radical (unpaired) electrons. The summed E-state index contributed by atoms with van der Waals surface area (Å²) < 4.78 is 132. The number of halogens is 8. The van der Waals surface area contributed by atoms with Crippen molar-refractivity contribution in [3.05, 3.63) is 93.0 Å². The molecule has 5 aromatic rings. The molecule has 62 heavy (non-hydrogen) atoms. The first-order valence-corrected chi connectivity index (χ1v) is 21.6. The third-order valence-corrected chi connectivity index (χ3v) is 12.0. The van der Waals surface area contributed by atoms with Gasteiger partial charge >= 0.3 is 6.18 Å². The molecule has 0 unspecified atom stereocenters. The number of carbonyl (C=O) groups is 1. The van der Waals surface area contributed by atoms with Gasteiger partial charge in [-0.15, -0.1) is 0 Å². The number of likely N-dealkylation sites (N-methyl/N-ethyl adjacent to an activating group) is 1. The molecule has 3 atom stereocenters. The van der Waals surface area contributed by atoms with Crippen LogP contribution in [0.5, 0.6) is 0 Å². The number of rotatable bonds is 11. The largest absolute Gasteiger partial charge is 0.435 e. The second-order valence-electron chi connectivity index (χ2n) is 16.7. The summed E-state index contributed by atoms with van der Waals surface area (Å²) in [5.41, 5.74) is -2.63. The minimum absolute atomic E-state index is 0.0280. The Kier molecular flexibility index (Phi) is 10.7. The maximum Gasteiger partial charge on any atom is 0.435 e. The predicted molar refractivity (Wildman–Crippen MR) is 216 cm³/mol. The first-order chi connectivity index (χ1) is 28.9. The standard InChI is InChI=1S/C41H39ClF7N9O3S/c1-39(2,52-24-17-56(3)18-24)11-10-23-6-7-25(26-8-9-29(42)33-35(26)57(4)54-38(33)55-62(5,60)61)34(50-23)30(14-20-12-21(43)15-22(44)13-20)51-31(59)19-58-37-32(36(53-58)41(47,48)49)27-16-28(27)40(37,45)46/h6-9,12-13,15,24,27-28,30,52H,14,16-19H2,1-5H3,(H,51,59)(H,54,55)/t27-,28+,30-/m0/s1. The van der Waals surface area contributed by atoms with Crippen molar-refractivity contribution in [1.29, 1.82) is 0 Å². The van der Waals surface area contributed by atoms with E-state index in [1.807, 2.05) is 20.9 Å². The number of hydrogen-bond donors (Lipinski definition) is 3. The smallest absolute Gasteiger partial charge is 0.346 e. The van der Waals surface area contributed by atoms with Crippen molar-refractivity contribution in [2.75, 3.05) is 31.1 Å². The van der Waals surface area contributed by atoms with E-state index < -0.39 is 86.6 Å². The molecule has 3 N–H and O–H groups in total. The Labute approximate surface area is 356 Å². The number of aryl methyl sites for hydroxylation is 1. The Morgan fingerprint density at radius 3 is 2.35 bits per heavy atom. The molecule has 1 saturated heterocycles. The van der Waals surface area contributed by atoms with Crippen molar-refractivity contribution < 1.29 is 43.9 Å². The van der Waals surface area contributed by atoms with E-state index in [4.69, 9.17) is 16.6 Å². The number of alkyl halides is 5. The lowest BCUT2D eigenvalue weighted by molar-refractivity contribution is -0.142. The molecule has 2 fully saturated rings. The molecule has 8 rings (SSSR count). The zero-order chi connectivity index (χ0) is 44.8. The summed E-state index contributed by atoms with van der Waals surface area (Å²) in [4.78, 5) is 21.1. The van der Waals surface area contributed by atoms with Crippen molar-refractivity contribution in [3.63, 3.8) is 0 Å². The van der Waals surface area contributed by atoms with Crippen molar-refractivity contribution in [2.45, 2.75) is 68.9 Å². The summed E-state index contributed by atoms with van der Waals surface area (Å²) in [7, 11) is -0.331. The Balaban J connectivity index is 1.26. The quantitative estimate of drug-likeness (QED) is 0.101. The minimum Gasteiger partial charge on any atom is -0.346 e. The molecule has 2 aromatic carbocycles. The molecular weight excluding hydrogens is 867 g/mol. The van der Waals surface area contributed by atoms with Gasteiger partial charge in [0, 0.05) is 54.9 Å². The minimum atomic E-state index is -5.08. The van der Waals surface area contributed by atoms with Crippen molar-refractivity contribution >= 4 is 44.3 Å². The van der Waals surface area contributed by atoms with Crippen LogP contribution in [0.4, 0.5) is 36.6 Å². The van der Waals surface area contributed by atoms with Gasteiger partial charge in [0.1, 0.15) is 29.6 Å². The van der Waals surface area contributed by atoms with Gasteiger partial charge in [-0.3, -0.25) is 24.2 Å². The number of hydrogen-bond acceptors (Lipinski definition) is 8. The normalized spacial score (nSPS) is 19.0. The van der Waals surface area contributed by atoms with Crippen LogP contribution in [-0.2, 0) is 46.9 Å². The molecule has 0 bridgehead atoms. The summed E-state index contributed by atoms with van der Waals surface area (Å²) in [6, 6.07) is 7.78.